The van der Waals surface area contributed by atoms with Crippen LogP contribution in [0.4, 0.5) is 4.79 Å². The number of aromatic nitrogens is 2. The average molecular weight is 691 g/mol. The molecule has 1 aliphatic heterocycles. The number of hydrogen-bond donors (Lipinski definition) is 4. The fourth-order valence-corrected chi connectivity index (χ4v) is 6.70. The molecule has 45 heavy (non-hydrogen) atoms. The van der Waals surface area contributed by atoms with E-state index in [9.17, 15) is 28.8 Å². The molecule has 1 fully saturated rings. The molecule has 0 radical (unpaired) electrons. The highest BCUT2D eigenvalue weighted by atomic mass is 35.5. The van der Waals surface area contributed by atoms with Crippen molar-refractivity contribution in [2.45, 2.75) is 70.6 Å². The summed E-state index contributed by atoms with van der Waals surface area (Å²) in [6.07, 6.45) is -3.40. The van der Waals surface area contributed by atoms with E-state index >= 15 is 0 Å². The minimum Gasteiger partial charge on any atom is -0.447 e. The zero-order valence-electron chi connectivity index (χ0n) is 25.7. The van der Waals surface area contributed by atoms with Gasteiger partial charge in [-0.1, -0.05) is 55.9 Å². The van der Waals surface area contributed by atoms with Gasteiger partial charge in [0.25, 0.3) is 5.56 Å². The number of rotatable bonds is 15. The lowest BCUT2D eigenvalue weighted by atomic mass is 9.96. The Morgan fingerprint density at radius 1 is 1.22 bits per heavy atom. The first-order valence-electron chi connectivity index (χ1n) is 14.2. The van der Waals surface area contributed by atoms with Crippen molar-refractivity contribution >= 4 is 42.3 Å². The Morgan fingerprint density at radius 3 is 2.56 bits per heavy atom. The number of nitrogens with zero attached hydrogens (tertiary/aromatic N) is 1. The molecule has 2 heterocycles. The molecule has 0 bridgehead atoms. The molecule has 1 aromatic heterocycles. The Labute approximate surface area is 270 Å². The quantitative estimate of drug-likeness (QED) is 0.122. The minimum atomic E-state index is -4.05. The summed E-state index contributed by atoms with van der Waals surface area (Å²) in [5.74, 6) is 0.124. The van der Waals surface area contributed by atoms with E-state index in [1.807, 2.05) is 30.3 Å². The van der Waals surface area contributed by atoms with Gasteiger partial charge in [0, 0.05) is 31.1 Å². The molecule has 1 aliphatic rings. The maximum absolute atomic E-state index is 13.8. The molecule has 1 amide bonds. The molecule has 3 rings (SSSR count). The summed E-state index contributed by atoms with van der Waals surface area (Å²) < 4.78 is 37.0. The number of aromatic amines is 1. The minimum absolute atomic E-state index is 0.0564. The molecule has 5 atom stereocenters. The molecule has 17 heteroatoms. The third-order valence-corrected chi connectivity index (χ3v) is 9.85. The maximum atomic E-state index is 13.8. The first-order chi connectivity index (χ1) is 21.0. The van der Waals surface area contributed by atoms with Gasteiger partial charge < -0.3 is 19.9 Å². The fraction of sp³-hybridized carbons (Fsp3) is 0.571. The zero-order chi connectivity index (χ0) is 33.4. The third kappa shape index (κ3) is 10.5. The largest absolute Gasteiger partial charge is 0.447 e. The summed E-state index contributed by atoms with van der Waals surface area (Å²) in [5.41, 5.74) is -1.52. The van der Waals surface area contributed by atoms with E-state index in [1.165, 1.54) is 13.1 Å². The van der Waals surface area contributed by atoms with E-state index < -0.39 is 60.4 Å². The van der Waals surface area contributed by atoms with Crippen LogP contribution in [0, 0.1) is 5.41 Å². The molecule has 4 N–H and O–H groups in total. The second-order valence-electron chi connectivity index (χ2n) is 11.4. The van der Waals surface area contributed by atoms with E-state index in [0.717, 1.165) is 28.0 Å². The van der Waals surface area contributed by atoms with Gasteiger partial charge in [-0.15, -0.1) is 11.6 Å². The lowest BCUT2D eigenvalue weighted by molar-refractivity contribution is -0.117. The molecular formula is C28H40ClN4O10PS. The number of aliphatic hydroxyl groups is 1. The third-order valence-electron chi connectivity index (χ3n) is 6.70. The van der Waals surface area contributed by atoms with Crippen LogP contribution in [-0.2, 0) is 34.4 Å². The number of carbonyl (C=O) groups is 2. The summed E-state index contributed by atoms with van der Waals surface area (Å²) in [5, 5.41) is 16.1. The number of carbonyl (C=O) groups excluding carboxylic acids is 2. The Hall–Kier alpha value is -2.49. The Balaban J connectivity index is 1.63. The standard InChI is InChI=1S/C28H40ClN4O10PS/c1-18(2)42-26(38)30-17-27(3,4)24(36)45-14-13-40-44(39,31-15-19-9-7-6-8-10-19)41-16-20-22(35)28(5,29)23(43-20)33-12-11-21(34)32-25(33)37/h6-12,18,20,22-23,35H,13-17H2,1-5H3,(H,30,38)(H,31,39)(H,32,34,37)/t20-,22-,23-,28-,44?/m1/s1. The van der Waals surface area contributed by atoms with Crippen molar-refractivity contribution in [3.63, 3.8) is 0 Å². The molecule has 2 aromatic rings. The van der Waals surface area contributed by atoms with E-state index in [1.54, 1.807) is 27.7 Å². The molecule has 0 saturated carbocycles. The maximum Gasteiger partial charge on any atom is 0.407 e. The smallest absolute Gasteiger partial charge is 0.407 e. The van der Waals surface area contributed by atoms with Crippen LogP contribution in [0.15, 0.2) is 52.2 Å². The molecule has 0 spiro atoms. The number of nitrogens with one attached hydrogen (secondary N) is 3. The zero-order valence-corrected chi connectivity index (χ0v) is 28.2. The predicted octanol–water partition coefficient (Wildman–Crippen LogP) is 3.14. The fourth-order valence-electron chi connectivity index (χ4n) is 4.15. The van der Waals surface area contributed by atoms with Crippen LogP contribution in [0.25, 0.3) is 0 Å². The SMILES string of the molecule is CC(C)OC(=O)NCC(C)(C)C(=O)SCCOP(=O)(NCc1ccccc1)OC[C@H]1O[C@@H](n2ccc(=O)[nH]c2=O)[C@](C)(Cl)[C@@H]1O. The summed E-state index contributed by atoms with van der Waals surface area (Å²) in [7, 11) is -4.05. The lowest BCUT2D eigenvalue weighted by Crippen LogP contribution is -2.43. The number of amides is 1. The van der Waals surface area contributed by atoms with Gasteiger partial charge in [0.2, 0.25) is 0 Å². The molecular weight excluding hydrogens is 651 g/mol. The van der Waals surface area contributed by atoms with Crippen LogP contribution in [-0.4, -0.2) is 74.6 Å². The van der Waals surface area contributed by atoms with Gasteiger partial charge in [0.05, 0.1) is 24.7 Å². The summed E-state index contributed by atoms with van der Waals surface area (Å²) >= 11 is 7.53. The van der Waals surface area contributed by atoms with Crippen LogP contribution >= 0.6 is 31.1 Å². The lowest BCUT2D eigenvalue weighted by Gasteiger charge is -2.26. The molecule has 0 aliphatic carbocycles. The van der Waals surface area contributed by atoms with Crippen molar-refractivity contribution in [2.24, 2.45) is 5.41 Å². The Morgan fingerprint density at radius 2 is 1.91 bits per heavy atom. The first kappa shape index (κ1) is 37.0. The highest BCUT2D eigenvalue weighted by Gasteiger charge is 2.54. The van der Waals surface area contributed by atoms with Gasteiger partial charge >= 0.3 is 19.5 Å². The molecule has 1 saturated heterocycles. The van der Waals surface area contributed by atoms with Crippen LogP contribution in [0.1, 0.15) is 46.4 Å². The van der Waals surface area contributed by atoms with Gasteiger partial charge in [0.15, 0.2) is 11.3 Å². The van der Waals surface area contributed by atoms with E-state index in [4.69, 9.17) is 30.1 Å². The van der Waals surface area contributed by atoms with E-state index in [0.29, 0.717) is 0 Å². The highest BCUT2D eigenvalue weighted by Crippen LogP contribution is 2.47. The predicted molar refractivity (Wildman–Crippen MR) is 169 cm³/mol. The number of benzene rings is 1. The van der Waals surface area contributed by atoms with Crippen molar-refractivity contribution < 1.29 is 37.8 Å². The van der Waals surface area contributed by atoms with Crippen LogP contribution in [0.5, 0.6) is 0 Å². The summed E-state index contributed by atoms with van der Waals surface area (Å²) in [6.45, 7) is 7.85. The Bertz CT molecular complexity index is 1470. The second kappa shape index (κ2) is 15.9. The summed E-state index contributed by atoms with van der Waals surface area (Å²) in [6, 6.07) is 10.2. The number of ether oxygens (including phenoxy) is 2. The van der Waals surface area contributed by atoms with Crippen molar-refractivity contribution in [3.05, 3.63) is 69.0 Å². The average Bonchev–Trinajstić information content (AvgIpc) is 3.20. The van der Waals surface area contributed by atoms with Gasteiger partial charge in [-0.3, -0.25) is 28.2 Å². The van der Waals surface area contributed by atoms with Crippen molar-refractivity contribution in [1.82, 2.24) is 20.0 Å². The van der Waals surface area contributed by atoms with Crippen LogP contribution < -0.4 is 21.7 Å². The number of H-pyrrole nitrogens is 1. The number of hydrogen-bond acceptors (Lipinski definition) is 11. The summed E-state index contributed by atoms with van der Waals surface area (Å²) in [4.78, 5) is 49.1. The monoisotopic (exact) mass is 690 g/mol. The van der Waals surface area contributed by atoms with Crippen LogP contribution in [0.2, 0.25) is 0 Å². The number of alkyl halides is 1. The van der Waals surface area contributed by atoms with Gasteiger partial charge in [-0.2, -0.15) is 0 Å². The van der Waals surface area contributed by atoms with E-state index in [2.05, 4.69) is 15.4 Å². The molecule has 14 nitrogen and oxygen atoms in total. The normalized spacial score (nSPS) is 23.1. The first-order valence-corrected chi connectivity index (χ1v) is 17.1. The number of aliphatic hydroxyl groups excluding tert-OH is 1. The van der Waals surface area contributed by atoms with Gasteiger partial charge in [-0.25, -0.2) is 19.2 Å². The van der Waals surface area contributed by atoms with Crippen molar-refractivity contribution in [1.29, 1.82) is 0 Å². The number of thioether (sulfide) groups is 1. The highest BCUT2D eigenvalue weighted by molar-refractivity contribution is 8.13. The molecule has 1 unspecified atom stereocenters. The topological polar surface area (TPSA) is 187 Å². The number of halogens is 1. The van der Waals surface area contributed by atoms with Gasteiger partial charge in [-0.05, 0) is 26.3 Å². The van der Waals surface area contributed by atoms with E-state index in [-0.39, 0.29) is 36.7 Å². The van der Waals surface area contributed by atoms with Gasteiger partial charge in [0.1, 0.15) is 17.1 Å². The van der Waals surface area contributed by atoms with Crippen molar-refractivity contribution in [2.75, 3.05) is 25.5 Å². The Kier molecular flexibility index (Phi) is 13.0. The number of alkyl carbamates (subject to hydrolysis) is 1. The molecule has 250 valence electrons. The second-order valence-corrected chi connectivity index (χ2v) is 15.1. The van der Waals surface area contributed by atoms with Crippen molar-refractivity contribution in [3.8, 4) is 0 Å². The van der Waals surface area contributed by atoms with Crippen LogP contribution in [0.3, 0.4) is 0 Å². The molecule has 1 aromatic carbocycles.